The lowest BCUT2D eigenvalue weighted by atomic mass is 9.95. The third-order valence-electron chi connectivity index (χ3n) is 2.47. The van der Waals surface area contributed by atoms with Crippen LogP contribution in [0.5, 0.6) is 0 Å². The fourth-order valence-electron chi connectivity index (χ4n) is 1.63. The van der Waals surface area contributed by atoms with Gasteiger partial charge in [0.1, 0.15) is 0 Å². The van der Waals surface area contributed by atoms with Crippen molar-refractivity contribution >= 4 is 5.97 Å². The number of rotatable bonds is 6. The zero-order valence-corrected chi connectivity index (χ0v) is 9.56. The lowest BCUT2D eigenvalue weighted by molar-refractivity contribution is -0.141. The normalized spacial score (nSPS) is 12.1. The van der Waals surface area contributed by atoms with Gasteiger partial charge in [-0.25, -0.2) is 0 Å². The summed E-state index contributed by atoms with van der Waals surface area (Å²) in [6, 6.07) is 9.93. The topological polar surface area (TPSA) is 46.5 Å². The number of aliphatic hydroxyl groups is 1. The quantitative estimate of drug-likeness (QED) is 0.750. The maximum atomic E-state index is 10.8. The monoisotopic (exact) mass is 222 g/mol. The Kier molecular flexibility index (Phi) is 5.57. The van der Waals surface area contributed by atoms with Crippen LogP contribution in [0.1, 0.15) is 31.2 Å². The highest BCUT2D eigenvalue weighted by molar-refractivity contribution is 5.65. The average Bonchev–Trinajstić information content (AvgIpc) is 2.30. The Labute approximate surface area is 96.1 Å². The molecule has 1 rings (SSSR count). The van der Waals surface area contributed by atoms with Gasteiger partial charge in [-0.1, -0.05) is 30.3 Å². The summed E-state index contributed by atoms with van der Waals surface area (Å²) in [6.45, 7) is 1.97. The summed E-state index contributed by atoms with van der Waals surface area (Å²) in [6.07, 6.45) is 1.55. The van der Waals surface area contributed by atoms with Gasteiger partial charge in [0.05, 0.1) is 6.61 Å². The molecule has 0 bridgehead atoms. The maximum absolute atomic E-state index is 10.8. The second kappa shape index (κ2) is 7.01. The first-order chi connectivity index (χ1) is 7.74. The molecule has 16 heavy (non-hydrogen) atoms. The van der Waals surface area contributed by atoms with Crippen LogP contribution in [0, 0.1) is 0 Å². The molecule has 3 nitrogen and oxygen atoms in total. The van der Waals surface area contributed by atoms with E-state index in [0.717, 1.165) is 18.4 Å². The zero-order valence-electron chi connectivity index (χ0n) is 9.56. The number of hydrogen-bond donors (Lipinski definition) is 1. The molecule has 0 amide bonds. The number of carbonyl (C=O) groups excluding carboxylic acids is 1. The van der Waals surface area contributed by atoms with Crippen LogP contribution < -0.4 is 0 Å². The molecule has 1 N–H and O–H groups in total. The van der Waals surface area contributed by atoms with Gasteiger partial charge in [0.25, 0.3) is 0 Å². The largest absolute Gasteiger partial charge is 0.465 e. The van der Waals surface area contributed by atoms with E-state index in [2.05, 4.69) is 0 Å². The fraction of sp³-hybridized carbons (Fsp3) is 0.462. The molecule has 0 radical (unpaired) electrons. The highest BCUT2D eigenvalue weighted by Gasteiger charge is 2.12. The predicted molar refractivity (Wildman–Crippen MR) is 62.1 cm³/mol. The molecule has 88 valence electrons. The van der Waals surface area contributed by atoms with Crippen LogP contribution in [0.2, 0.25) is 0 Å². The number of ether oxygens (including phenoxy) is 1. The van der Waals surface area contributed by atoms with Crippen LogP contribution >= 0.6 is 0 Å². The van der Waals surface area contributed by atoms with E-state index < -0.39 is 0 Å². The molecule has 0 fully saturated rings. The molecule has 0 aromatic heterocycles. The Hall–Kier alpha value is -1.35. The van der Waals surface area contributed by atoms with Gasteiger partial charge in [0, 0.05) is 19.4 Å². The Balaban J connectivity index is 2.59. The number of hydrogen-bond acceptors (Lipinski definition) is 3. The first-order valence-corrected chi connectivity index (χ1v) is 5.53. The van der Waals surface area contributed by atoms with Crippen LogP contribution in [-0.2, 0) is 9.53 Å². The van der Waals surface area contributed by atoms with Crippen molar-refractivity contribution in [2.75, 3.05) is 13.2 Å². The molecule has 0 saturated heterocycles. The molecule has 3 heteroatoms. The number of aliphatic hydroxyl groups excluding tert-OH is 1. The predicted octanol–water partition coefficient (Wildman–Crippen LogP) is 2.11. The molecule has 0 heterocycles. The van der Waals surface area contributed by atoms with E-state index in [1.54, 1.807) is 0 Å². The summed E-state index contributed by atoms with van der Waals surface area (Å²) in [5.41, 5.74) is 1.15. The second-order valence-electron chi connectivity index (χ2n) is 3.78. The van der Waals surface area contributed by atoms with Crippen molar-refractivity contribution in [3.8, 4) is 0 Å². The van der Waals surface area contributed by atoms with Crippen LogP contribution in [0.3, 0.4) is 0 Å². The SMILES string of the molecule is CC(=O)OC[C@@H](CCCO)c1ccccc1. The summed E-state index contributed by atoms with van der Waals surface area (Å²) < 4.78 is 5.03. The summed E-state index contributed by atoms with van der Waals surface area (Å²) >= 11 is 0. The van der Waals surface area contributed by atoms with Crippen LogP contribution in [-0.4, -0.2) is 24.3 Å². The molecule has 1 aromatic rings. The highest BCUT2D eigenvalue weighted by atomic mass is 16.5. The number of benzene rings is 1. The lowest BCUT2D eigenvalue weighted by Gasteiger charge is -2.16. The first-order valence-electron chi connectivity index (χ1n) is 5.53. The van der Waals surface area contributed by atoms with Crippen molar-refractivity contribution in [3.63, 3.8) is 0 Å². The molecule has 1 atom stereocenters. The van der Waals surface area contributed by atoms with E-state index in [-0.39, 0.29) is 18.5 Å². The fourth-order valence-corrected chi connectivity index (χ4v) is 1.63. The Bertz CT molecular complexity index is 308. The molecule has 0 spiro atoms. The van der Waals surface area contributed by atoms with Gasteiger partial charge in [0.2, 0.25) is 0 Å². The van der Waals surface area contributed by atoms with Gasteiger partial charge < -0.3 is 9.84 Å². The number of esters is 1. The minimum absolute atomic E-state index is 0.170. The van der Waals surface area contributed by atoms with E-state index in [1.807, 2.05) is 30.3 Å². The zero-order chi connectivity index (χ0) is 11.8. The summed E-state index contributed by atoms with van der Waals surface area (Å²) in [4.78, 5) is 10.8. The highest BCUT2D eigenvalue weighted by Crippen LogP contribution is 2.21. The van der Waals surface area contributed by atoms with Gasteiger partial charge in [-0.05, 0) is 18.4 Å². The third-order valence-corrected chi connectivity index (χ3v) is 2.47. The van der Waals surface area contributed by atoms with Gasteiger partial charge in [0.15, 0.2) is 0 Å². The van der Waals surface area contributed by atoms with Crippen molar-refractivity contribution in [3.05, 3.63) is 35.9 Å². The molecule has 0 aliphatic carbocycles. The minimum atomic E-state index is -0.259. The van der Waals surface area contributed by atoms with E-state index in [4.69, 9.17) is 9.84 Å². The van der Waals surface area contributed by atoms with Crippen molar-refractivity contribution in [1.82, 2.24) is 0 Å². The van der Waals surface area contributed by atoms with Gasteiger partial charge in [-0.15, -0.1) is 0 Å². The van der Waals surface area contributed by atoms with E-state index in [9.17, 15) is 4.79 Å². The number of carbonyl (C=O) groups is 1. The summed E-state index contributed by atoms with van der Waals surface area (Å²) in [7, 11) is 0. The van der Waals surface area contributed by atoms with Gasteiger partial charge in [-0.2, -0.15) is 0 Å². The summed E-state index contributed by atoms with van der Waals surface area (Å²) in [5, 5.41) is 8.83. The van der Waals surface area contributed by atoms with Crippen molar-refractivity contribution in [2.45, 2.75) is 25.7 Å². The van der Waals surface area contributed by atoms with Crippen LogP contribution in [0.25, 0.3) is 0 Å². The summed E-state index contributed by atoms with van der Waals surface area (Å²) in [5.74, 6) is -0.0813. The first kappa shape index (κ1) is 12.7. The Morgan fingerprint density at radius 3 is 2.62 bits per heavy atom. The molecule has 1 aromatic carbocycles. The van der Waals surface area contributed by atoms with Crippen LogP contribution in [0.15, 0.2) is 30.3 Å². The Morgan fingerprint density at radius 1 is 1.38 bits per heavy atom. The maximum Gasteiger partial charge on any atom is 0.302 e. The second-order valence-corrected chi connectivity index (χ2v) is 3.78. The van der Waals surface area contributed by atoms with E-state index >= 15 is 0 Å². The van der Waals surface area contributed by atoms with Crippen molar-refractivity contribution < 1.29 is 14.6 Å². The van der Waals surface area contributed by atoms with Gasteiger partial charge >= 0.3 is 5.97 Å². The third kappa shape index (κ3) is 4.45. The molecule has 0 aliphatic heterocycles. The smallest absolute Gasteiger partial charge is 0.302 e. The molecule has 0 unspecified atom stereocenters. The van der Waals surface area contributed by atoms with E-state index in [0.29, 0.717) is 6.61 Å². The van der Waals surface area contributed by atoms with Crippen molar-refractivity contribution in [1.29, 1.82) is 0 Å². The van der Waals surface area contributed by atoms with E-state index in [1.165, 1.54) is 6.92 Å². The minimum Gasteiger partial charge on any atom is -0.465 e. The molecule has 0 aliphatic rings. The molecular weight excluding hydrogens is 204 g/mol. The van der Waals surface area contributed by atoms with Crippen LogP contribution in [0.4, 0.5) is 0 Å². The lowest BCUT2D eigenvalue weighted by Crippen LogP contribution is -2.11. The average molecular weight is 222 g/mol. The Morgan fingerprint density at radius 2 is 2.06 bits per heavy atom. The van der Waals surface area contributed by atoms with Gasteiger partial charge in [-0.3, -0.25) is 4.79 Å². The molecular formula is C13H18O3. The van der Waals surface area contributed by atoms with Crippen molar-refractivity contribution in [2.24, 2.45) is 0 Å². The standard InChI is InChI=1S/C13H18O3/c1-11(15)16-10-13(8-5-9-14)12-6-3-2-4-7-12/h2-4,6-7,13-14H,5,8-10H2,1H3/t13-/m1/s1. The molecule has 0 saturated carbocycles.